The number of amides is 2. The fraction of sp³-hybridized carbons (Fsp3) is 0.182. The van der Waals surface area contributed by atoms with Crippen LogP contribution in [0.3, 0.4) is 0 Å². The molecule has 1 aromatic carbocycles. The summed E-state index contributed by atoms with van der Waals surface area (Å²) in [6.45, 7) is 1.82. The summed E-state index contributed by atoms with van der Waals surface area (Å²) >= 11 is 0. The summed E-state index contributed by atoms with van der Waals surface area (Å²) in [6, 6.07) is 5.18. The number of hydrogen-bond donors (Lipinski definition) is 1. The lowest BCUT2D eigenvalue weighted by Gasteiger charge is -2.14. The van der Waals surface area contributed by atoms with E-state index < -0.39 is 17.9 Å². The number of fused-ring (bicyclic) bond motifs is 1. The quantitative estimate of drug-likeness (QED) is 0.355. The van der Waals surface area contributed by atoms with Crippen molar-refractivity contribution in [3.63, 3.8) is 0 Å². The zero-order chi connectivity index (χ0) is 23.5. The second-order valence-corrected chi connectivity index (χ2v) is 7.12. The van der Waals surface area contributed by atoms with Crippen LogP contribution in [0.5, 0.6) is 0 Å². The van der Waals surface area contributed by atoms with Crippen LogP contribution in [0.1, 0.15) is 46.1 Å². The Morgan fingerprint density at radius 3 is 2.73 bits per heavy atom. The van der Waals surface area contributed by atoms with Crippen molar-refractivity contribution in [3.8, 4) is 11.9 Å². The largest absolute Gasteiger partial charge is 0.446 e. The Hall–Kier alpha value is -4.59. The molecule has 10 nitrogen and oxygen atoms in total. The van der Waals surface area contributed by atoms with E-state index in [0.29, 0.717) is 23.0 Å². The minimum absolute atomic E-state index is 0.0360. The van der Waals surface area contributed by atoms with Crippen molar-refractivity contribution in [2.45, 2.75) is 19.4 Å². The average Bonchev–Trinajstić information content (AvgIpc) is 3.49. The van der Waals surface area contributed by atoms with Gasteiger partial charge in [-0.25, -0.2) is 19.0 Å². The van der Waals surface area contributed by atoms with E-state index in [9.17, 15) is 14.0 Å². The van der Waals surface area contributed by atoms with Gasteiger partial charge in [0.1, 0.15) is 18.1 Å². The lowest BCUT2D eigenvalue weighted by Crippen LogP contribution is -2.29. The van der Waals surface area contributed by atoms with Crippen LogP contribution < -0.4 is 5.32 Å². The third-order valence-corrected chi connectivity index (χ3v) is 5.02. The van der Waals surface area contributed by atoms with Crippen LogP contribution in [0.4, 0.5) is 4.39 Å². The first kappa shape index (κ1) is 21.6. The number of carbonyl (C=O) groups excluding carboxylic acids is 2. The second-order valence-electron chi connectivity index (χ2n) is 7.12. The van der Waals surface area contributed by atoms with Gasteiger partial charge in [-0.15, -0.1) is 0 Å². The molecule has 166 valence electrons. The van der Waals surface area contributed by atoms with Gasteiger partial charge in [0.15, 0.2) is 11.9 Å². The number of hydrogen-bond acceptors (Lipinski definition) is 7. The monoisotopic (exact) mass is 447 g/mol. The smallest absolute Gasteiger partial charge is 0.288 e. The molecule has 11 heteroatoms. The van der Waals surface area contributed by atoms with Gasteiger partial charge in [0.05, 0.1) is 29.2 Å². The molecular formula is C22H18FN7O3. The van der Waals surface area contributed by atoms with Gasteiger partial charge >= 0.3 is 0 Å². The van der Waals surface area contributed by atoms with E-state index in [4.69, 9.17) is 9.68 Å². The van der Waals surface area contributed by atoms with Crippen molar-refractivity contribution in [2.75, 3.05) is 7.05 Å². The second kappa shape index (κ2) is 8.88. The van der Waals surface area contributed by atoms with Crippen LogP contribution in [0.2, 0.25) is 0 Å². The molecule has 1 N–H and O–H groups in total. The molecular weight excluding hydrogens is 429 g/mol. The highest BCUT2D eigenvalue weighted by molar-refractivity contribution is 6.06. The number of rotatable bonds is 6. The third kappa shape index (κ3) is 4.14. The van der Waals surface area contributed by atoms with E-state index in [-0.39, 0.29) is 23.0 Å². The highest BCUT2D eigenvalue weighted by Gasteiger charge is 2.24. The number of benzene rings is 1. The highest BCUT2D eigenvalue weighted by Crippen LogP contribution is 2.23. The molecule has 0 radical (unpaired) electrons. The van der Waals surface area contributed by atoms with Gasteiger partial charge in [0, 0.05) is 18.6 Å². The molecule has 0 saturated carbocycles. The number of oxazole rings is 1. The maximum Gasteiger partial charge on any atom is 0.288 e. The highest BCUT2D eigenvalue weighted by atomic mass is 19.1. The lowest BCUT2D eigenvalue weighted by molar-refractivity contribution is 0.0852. The molecule has 0 spiro atoms. The molecule has 3 aromatic heterocycles. The standard InChI is InChI=1S/C22H18FN7O3/c1-3-17(21-28-18(11-33-21)22(32)29(2)12-24)27-20(31)16-8-25-10-19-15(16)9-26-30(19)14-6-4-13(23)5-7-14/h4-11,17H,3H2,1-2H3,(H,27,31). The molecule has 0 aliphatic rings. The summed E-state index contributed by atoms with van der Waals surface area (Å²) < 4.78 is 20.2. The van der Waals surface area contributed by atoms with Crippen molar-refractivity contribution >= 4 is 22.7 Å². The number of halogens is 1. The summed E-state index contributed by atoms with van der Waals surface area (Å²) in [5, 5.41) is 16.6. The Bertz CT molecular complexity index is 1370. The topological polar surface area (TPSA) is 130 Å². The van der Waals surface area contributed by atoms with Crippen LogP contribution in [-0.4, -0.2) is 43.5 Å². The maximum absolute atomic E-state index is 13.3. The molecule has 0 saturated heterocycles. The van der Waals surface area contributed by atoms with E-state index in [1.807, 2.05) is 6.92 Å². The van der Waals surface area contributed by atoms with Crippen LogP contribution >= 0.6 is 0 Å². The fourth-order valence-electron chi connectivity index (χ4n) is 3.25. The molecule has 0 bridgehead atoms. The fourth-order valence-corrected chi connectivity index (χ4v) is 3.25. The Balaban J connectivity index is 1.60. The maximum atomic E-state index is 13.3. The first-order chi connectivity index (χ1) is 15.9. The van der Waals surface area contributed by atoms with Gasteiger partial charge in [-0.1, -0.05) is 6.92 Å². The van der Waals surface area contributed by atoms with Crippen molar-refractivity contribution in [3.05, 3.63) is 72.1 Å². The minimum Gasteiger partial charge on any atom is -0.446 e. The van der Waals surface area contributed by atoms with Gasteiger partial charge in [0.2, 0.25) is 5.89 Å². The van der Waals surface area contributed by atoms with E-state index in [2.05, 4.69) is 20.4 Å². The molecule has 1 unspecified atom stereocenters. The molecule has 1 atom stereocenters. The Morgan fingerprint density at radius 1 is 1.27 bits per heavy atom. The SMILES string of the molecule is CCC(NC(=O)c1cncc2c1cnn2-c1ccc(F)cc1)c1nc(C(=O)N(C)C#N)co1. The Labute approximate surface area is 187 Å². The average molecular weight is 447 g/mol. The van der Waals surface area contributed by atoms with Gasteiger partial charge in [-0.2, -0.15) is 10.4 Å². The minimum atomic E-state index is -0.617. The molecule has 0 fully saturated rings. The summed E-state index contributed by atoms with van der Waals surface area (Å²) in [4.78, 5) is 34.3. The summed E-state index contributed by atoms with van der Waals surface area (Å²) in [5.74, 6) is -1.27. The van der Waals surface area contributed by atoms with Crippen LogP contribution in [-0.2, 0) is 0 Å². The number of carbonyl (C=O) groups is 2. The lowest BCUT2D eigenvalue weighted by atomic mass is 10.1. The van der Waals surface area contributed by atoms with E-state index in [1.54, 1.807) is 29.2 Å². The molecule has 0 aliphatic carbocycles. The number of nitrogens with one attached hydrogen (secondary N) is 1. The molecule has 33 heavy (non-hydrogen) atoms. The van der Waals surface area contributed by atoms with E-state index >= 15 is 0 Å². The van der Waals surface area contributed by atoms with Crippen molar-refractivity contribution in [1.29, 1.82) is 5.26 Å². The summed E-state index contributed by atoms with van der Waals surface area (Å²) in [5.41, 5.74) is 1.44. The predicted octanol–water partition coefficient (Wildman–Crippen LogP) is 2.98. The molecule has 2 amide bonds. The van der Waals surface area contributed by atoms with Crippen LogP contribution in [0, 0.1) is 17.3 Å². The van der Waals surface area contributed by atoms with E-state index in [0.717, 1.165) is 11.2 Å². The Kier molecular flexibility index (Phi) is 5.82. The van der Waals surface area contributed by atoms with Gasteiger partial charge < -0.3 is 9.73 Å². The molecule has 0 aliphatic heterocycles. The number of pyridine rings is 1. The Morgan fingerprint density at radius 2 is 2.03 bits per heavy atom. The molecule has 3 heterocycles. The zero-order valence-corrected chi connectivity index (χ0v) is 17.7. The molecule has 4 rings (SSSR count). The van der Waals surface area contributed by atoms with Gasteiger partial charge in [-0.3, -0.25) is 14.6 Å². The van der Waals surface area contributed by atoms with Crippen molar-refractivity contribution < 1.29 is 18.4 Å². The van der Waals surface area contributed by atoms with Gasteiger partial charge in [-0.05, 0) is 30.7 Å². The first-order valence-electron chi connectivity index (χ1n) is 9.94. The van der Waals surface area contributed by atoms with Crippen molar-refractivity contribution in [1.82, 2.24) is 30.0 Å². The number of aromatic nitrogens is 4. The van der Waals surface area contributed by atoms with E-state index in [1.165, 1.54) is 31.6 Å². The normalized spacial score (nSPS) is 11.7. The van der Waals surface area contributed by atoms with Crippen LogP contribution in [0.25, 0.3) is 16.6 Å². The number of nitriles is 1. The summed E-state index contributed by atoms with van der Waals surface area (Å²) in [7, 11) is 1.32. The van der Waals surface area contributed by atoms with Gasteiger partial charge in [0.25, 0.3) is 11.8 Å². The third-order valence-electron chi connectivity index (χ3n) is 5.02. The van der Waals surface area contributed by atoms with Crippen molar-refractivity contribution in [2.24, 2.45) is 0 Å². The predicted molar refractivity (Wildman–Crippen MR) is 114 cm³/mol. The molecule has 4 aromatic rings. The zero-order valence-electron chi connectivity index (χ0n) is 17.7. The van der Waals surface area contributed by atoms with Crippen LogP contribution in [0.15, 0.2) is 53.5 Å². The summed E-state index contributed by atoms with van der Waals surface area (Å²) in [6.07, 6.45) is 7.82. The first-order valence-corrected chi connectivity index (χ1v) is 9.94. The number of nitrogens with zero attached hydrogens (tertiary/aromatic N) is 6.